The first-order valence-electron chi connectivity index (χ1n) is 5.16. The third-order valence-electron chi connectivity index (χ3n) is 2.60. The number of hydrogen-bond acceptors (Lipinski definition) is 4. The zero-order valence-corrected chi connectivity index (χ0v) is 10.7. The van der Waals surface area contributed by atoms with Crippen LogP contribution in [-0.4, -0.2) is 46.1 Å². The molecule has 5 nitrogen and oxygen atoms in total. The molecule has 0 aromatic carbocycles. The zero-order valence-electron chi connectivity index (χ0n) is 9.86. The van der Waals surface area contributed by atoms with Gasteiger partial charge in [0.1, 0.15) is 11.4 Å². The number of hydrogen-bond donors (Lipinski definition) is 2. The van der Waals surface area contributed by atoms with E-state index in [1.807, 2.05) is 6.26 Å². The van der Waals surface area contributed by atoms with E-state index in [9.17, 15) is 4.79 Å². The first-order valence-corrected chi connectivity index (χ1v) is 6.56. The summed E-state index contributed by atoms with van der Waals surface area (Å²) in [5.74, 6) is 1.18. The van der Waals surface area contributed by atoms with Gasteiger partial charge >= 0.3 is 0 Å². The second-order valence-electron chi connectivity index (χ2n) is 3.63. The molecule has 0 radical (unpaired) electrons. The van der Waals surface area contributed by atoms with Gasteiger partial charge in [-0.25, -0.2) is 0 Å². The molecule has 6 heteroatoms. The monoisotopic (exact) mass is 242 g/mol. The molecule has 1 unspecified atom stereocenters. The number of nitrogen functional groups attached to an aromatic ring is 1. The molecule has 1 amide bonds. The van der Waals surface area contributed by atoms with Gasteiger partial charge in [0.25, 0.3) is 5.91 Å². The number of aromatic nitrogens is 2. The van der Waals surface area contributed by atoms with Gasteiger partial charge in [0.05, 0.1) is 6.20 Å². The van der Waals surface area contributed by atoms with E-state index in [1.165, 1.54) is 6.20 Å². The van der Waals surface area contributed by atoms with Crippen LogP contribution in [0.4, 0.5) is 5.82 Å². The Labute approximate surface area is 99.8 Å². The Morgan fingerprint density at radius 3 is 2.88 bits per heavy atom. The molecule has 0 bridgehead atoms. The van der Waals surface area contributed by atoms with Crippen molar-refractivity contribution in [3.05, 3.63) is 11.8 Å². The van der Waals surface area contributed by atoms with Crippen LogP contribution in [0.15, 0.2) is 6.20 Å². The number of H-pyrrole nitrogens is 1. The Morgan fingerprint density at radius 2 is 2.44 bits per heavy atom. The largest absolute Gasteiger partial charge is 0.383 e. The molecule has 0 saturated heterocycles. The Morgan fingerprint density at radius 1 is 1.75 bits per heavy atom. The maximum Gasteiger partial charge on any atom is 0.259 e. The fourth-order valence-electron chi connectivity index (χ4n) is 1.52. The first-order chi connectivity index (χ1) is 7.61. The lowest BCUT2D eigenvalue weighted by Crippen LogP contribution is -2.38. The molecule has 1 atom stereocenters. The molecule has 1 aromatic heterocycles. The average molecular weight is 242 g/mol. The minimum atomic E-state index is -0.0767. The molecule has 0 aliphatic carbocycles. The summed E-state index contributed by atoms with van der Waals surface area (Å²) in [4.78, 5) is 13.8. The van der Waals surface area contributed by atoms with E-state index in [1.54, 1.807) is 23.7 Å². The predicted molar refractivity (Wildman–Crippen MR) is 67.6 cm³/mol. The van der Waals surface area contributed by atoms with Gasteiger partial charge < -0.3 is 10.6 Å². The summed E-state index contributed by atoms with van der Waals surface area (Å²) in [6.45, 7) is 2.07. The molecule has 3 N–H and O–H groups in total. The highest BCUT2D eigenvalue weighted by atomic mass is 32.2. The van der Waals surface area contributed by atoms with E-state index in [0.29, 0.717) is 11.4 Å². The molecule has 0 spiro atoms. The number of carbonyl (C=O) groups excluding carboxylic acids is 1. The minimum absolute atomic E-state index is 0.0767. The lowest BCUT2D eigenvalue weighted by molar-refractivity contribution is 0.0745. The van der Waals surface area contributed by atoms with Gasteiger partial charge in [-0.2, -0.15) is 16.9 Å². The van der Waals surface area contributed by atoms with E-state index in [4.69, 9.17) is 5.73 Å². The van der Waals surface area contributed by atoms with Crippen molar-refractivity contribution < 1.29 is 4.79 Å². The first kappa shape index (κ1) is 12.9. The molecule has 90 valence electrons. The van der Waals surface area contributed by atoms with Crippen LogP contribution >= 0.6 is 11.8 Å². The molecule has 16 heavy (non-hydrogen) atoms. The molecular weight excluding hydrogens is 224 g/mol. The fourth-order valence-corrected chi connectivity index (χ4v) is 2.36. The number of thioether (sulfide) groups is 1. The highest BCUT2D eigenvalue weighted by Gasteiger charge is 2.21. The molecule has 1 rings (SSSR count). The van der Waals surface area contributed by atoms with Gasteiger partial charge in [-0.15, -0.1) is 0 Å². The Balaban J connectivity index is 2.77. The van der Waals surface area contributed by atoms with Crippen LogP contribution < -0.4 is 5.73 Å². The Kier molecular flexibility index (Phi) is 4.67. The van der Waals surface area contributed by atoms with E-state index in [2.05, 4.69) is 17.1 Å². The SMILES string of the molecule is CCC(CSC)N(C)C(=O)c1cn[nH]c1N. The van der Waals surface area contributed by atoms with Crippen LogP contribution in [0.3, 0.4) is 0 Å². The third-order valence-corrected chi connectivity index (χ3v) is 3.32. The lowest BCUT2D eigenvalue weighted by Gasteiger charge is -2.26. The molecule has 0 aliphatic heterocycles. The maximum absolute atomic E-state index is 12.1. The van der Waals surface area contributed by atoms with Crippen molar-refractivity contribution >= 4 is 23.5 Å². The lowest BCUT2D eigenvalue weighted by atomic mass is 10.2. The summed E-state index contributed by atoms with van der Waals surface area (Å²) < 4.78 is 0. The van der Waals surface area contributed by atoms with Gasteiger partial charge in [0.2, 0.25) is 0 Å². The van der Waals surface area contributed by atoms with Gasteiger partial charge in [-0.1, -0.05) is 6.92 Å². The topological polar surface area (TPSA) is 75.0 Å². The number of carbonyl (C=O) groups is 1. The normalized spacial score (nSPS) is 12.4. The second kappa shape index (κ2) is 5.79. The van der Waals surface area contributed by atoms with E-state index < -0.39 is 0 Å². The highest BCUT2D eigenvalue weighted by Crippen LogP contribution is 2.14. The number of nitrogens with two attached hydrogens (primary N) is 1. The van der Waals surface area contributed by atoms with Crippen molar-refractivity contribution in [2.24, 2.45) is 0 Å². The van der Waals surface area contributed by atoms with Gasteiger partial charge in [-0.05, 0) is 12.7 Å². The third kappa shape index (κ3) is 2.69. The number of aromatic amines is 1. The predicted octanol–water partition coefficient (Wildman–Crippen LogP) is 1.21. The van der Waals surface area contributed by atoms with Crippen LogP contribution in [0.25, 0.3) is 0 Å². The van der Waals surface area contributed by atoms with Crippen molar-refractivity contribution in [2.75, 3.05) is 24.8 Å². The highest BCUT2D eigenvalue weighted by molar-refractivity contribution is 7.98. The van der Waals surface area contributed by atoms with Crippen LogP contribution in [0.2, 0.25) is 0 Å². The molecule has 0 saturated carbocycles. The van der Waals surface area contributed by atoms with Crippen molar-refractivity contribution in [3.8, 4) is 0 Å². The molecule has 1 heterocycles. The van der Waals surface area contributed by atoms with Crippen LogP contribution in [0.1, 0.15) is 23.7 Å². The number of nitrogens with one attached hydrogen (secondary N) is 1. The van der Waals surface area contributed by atoms with Crippen LogP contribution in [0.5, 0.6) is 0 Å². The van der Waals surface area contributed by atoms with E-state index in [0.717, 1.165) is 12.2 Å². The van der Waals surface area contributed by atoms with Gasteiger partial charge in [-0.3, -0.25) is 9.89 Å². The summed E-state index contributed by atoms with van der Waals surface area (Å²) in [6, 6.07) is 0.233. The van der Waals surface area contributed by atoms with Crippen molar-refractivity contribution in [1.82, 2.24) is 15.1 Å². The van der Waals surface area contributed by atoms with Crippen molar-refractivity contribution in [3.63, 3.8) is 0 Å². The molecule has 1 aromatic rings. The summed E-state index contributed by atoms with van der Waals surface area (Å²) in [7, 11) is 1.80. The van der Waals surface area contributed by atoms with Gasteiger partial charge in [0, 0.05) is 18.8 Å². The van der Waals surface area contributed by atoms with Crippen LogP contribution in [0, 0.1) is 0 Å². The summed E-state index contributed by atoms with van der Waals surface area (Å²) in [5.41, 5.74) is 6.07. The fraction of sp³-hybridized carbons (Fsp3) is 0.600. The second-order valence-corrected chi connectivity index (χ2v) is 4.54. The minimum Gasteiger partial charge on any atom is -0.383 e. The summed E-state index contributed by atoms with van der Waals surface area (Å²) >= 11 is 1.73. The zero-order chi connectivity index (χ0) is 12.1. The Hall–Kier alpha value is -1.17. The van der Waals surface area contributed by atoms with Gasteiger partial charge in [0.15, 0.2) is 0 Å². The molecular formula is C10H18N4OS. The average Bonchev–Trinajstić information content (AvgIpc) is 2.70. The number of amides is 1. The van der Waals surface area contributed by atoms with Crippen molar-refractivity contribution in [1.29, 1.82) is 0 Å². The maximum atomic E-state index is 12.1. The summed E-state index contributed by atoms with van der Waals surface area (Å²) in [5, 5.41) is 6.32. The standard InChI is InChI=1S/C10H18N4OS/c1-4-7(6-16-3)14(2)10(15)8-5-12-13-9(8)11/h5,7H,4,6H2,1-3H3,(H3,11,12,13). The summed E-state index contributed by atoms with van der Waals surface area (Å²) in [6.07, 6.45) is 4.44. The number of anilines is 1. The smallest absolute Gasteiger partial charge is 0.259 e. The quantitative estimate of drug-likeness (QED) is 0.813. The number of nitrogens with zero attached hydrogens (tertiary/aromatic N) is 2. The van der Waals surface area contributed by atoms with E-state index in [-0.39, 0.29) is 11.9 Å². The van der Waals surface area contributed by atoms with Crippen molar-refractivity contribution in [2.45, 2.75) is 19.4 Å². The molecule has 0 fully saturated rings. The number of rotatable bonds is 5. The van der Waals surface area contributed by atoms with E-state index >= 15 is 0 Å². The molecule has 0 aliphatic rings. The Bertz CT molecular complexity index is 352. The van der Waals surface area contributed by atoms with Crippen LogP contribution in [-0.2, 0) is 0 Å².